The number of nitro benzene ring substituents is 1. The fourth-order valence-electron chi connectivity index (χ4n) is 3.49. The number of amides is 1. The van der Waals surface area contributed by atoms with Gasteiger partial charge in [-0.3, -0.25) is 14.9 Å². The summed E-state index contributed by atoms with van der Waals surface area (Å²) in [6.07, 6.45) is 2.57. The second-order valence-electron chi connectivity index (χ2n) is 7.89. The molecule has 1 aliphatic heterocycles. The van der Waals surface area contributed by atoms with Gasteiger partial charge in [-0.15, -0.1) is 0 Å². The number of rotatable bonds is 10. The van der Waals surface area contributed by atoms with E-state index in [0.717, 1.165) is 6.20 Å². The summed E-state index contributed by atoms with van der Waals surface area (Å²) in [5, 5.41) is 17.5. The van der Waals surface area contributed by atoms with Crippen molar-refractivity contribution in [3.05, 3.63) is 70.2 Å². The second-order valence-corrected chi connectivity index (χ2v) is 7.89. The third kappa shape index (κ3) is 6.88. The molecule has 0 atom stereocenters. The highest BCUT2D eigenvalue weighted by molar-refractivity contribution is 5.92. The molecule has 1 saturated heterocycles. The van der Waals surface area contributed by atoms with Gasteiger partial charge in [-0.2, -0.15) is 10.1 Å². The lowest BCUT2D eigenvalue weighted by molar-refractivity contribution is -0.384. The maximum atomic E-state index is 14.2. The molecule has 2 N–H and O–H groups in total. The van der Waals surface area contributed by atoms with Crippen molar-refractivity contribution in [2.24, 2.45) is 5.10 Å². The van der Waals surface area contributed by atoms with Crippen LogP contribution >= 0.6 is 0 Å². The Hall–Kier alpha value is -4.85. The molecule has 0 radical (unpaired) electrons. The number of methoxy groups -OCH3 is 1. The number of non-ortho nitro benzene ring substituents is 1. The average molecular weight is 525 g/mol. The molecule has 1 fully saturated rings. The fourth-order valence-corrected chi connectivity index (χ4v) is 3.49. The Morgan fingerprint density at radius 3 is 2.84 bits per heavy atom. The number of benzene rings is 2. The van der Waals surface area contributed by atoms with Crippen molar-refractivity contribution < 1.29 is 28.3 Å². The fraction of sp³-hybridized carbons (Fsp3) is 0.250. The summed E-state index contributed by atoms with van der Waals surface area (Å²) in [5.41, 5.74) is 3.46. The largest absolute Gasteiger partial charge is 0.493 e. The number of aromatic nitrogens is 2. The Morgan fingerprint density at radius 2 is 2.08 bits per heavy atom. The molecule has 0 aliphatic carbocycles. The van der Waals surface area contributed by atoms with Gasteiger partial charge in [0.2, 0.25) is 5.95 Å². The van der Waals surface area contributed by atoms with E-state index < -0.39 is 16.6 Å². The Bertz CT molecular complexity index is 1330. The molecule has 4 rings (SSSR count). The van der Waals surface area contributed by atoms with Gasteiger partial charge in [0, 0.05) is 30.9 Å². The smallest absolute Gasteiger partial charge is 0.271 e. The van der Waals surface area contributed by atoms with Crippen molar-refractivity contribution in [1.29, 1.82) is 0 Å². The van der Waals surface area contributed by atoms with Gasteiger partial charge in [0.05, 0.1) is 37.7 Å². The number of nitrogens with zero attached hydrogens (tertiary/aromatic N) is 5. The zero-order valence-corrected chi connectivity index (χ0v) is 20.3. The van der Waals surface area contributed by atoms with Crippen LogP contribution in [0.2, 0.25) is 0 Å². The lowest BCUT2D eigenvalue weighted by atomic mass is 10.2. The first-order chi connectivity index (χ1) is 18.4. The number of hydrogen-bond acceptors (Lipinski definition) is 11. The molecule has 198 valence electrons. The quantitative estimate of drug-likeness (QED) is 0.229. The van der Waals surface area contributed by atoms with Crippen molar-refractivity contribution in [3.63, 3.8) is 0 Å². The number of halogens is 1. The lowest BCUT2D eigenvalue weighted by Crippen LogP contribution is -2.37. The molecule has 2 aromatic carbocycles. The number of carbonyl (C=O) groups is 1. The number of hydrazone groups is 1. The number of ether oxygens (including phenoxy) is 3. The summed E-state index contributed by atoms with van der Waals surface area (Å²) in [6, 6.07) is 10.5. The summed E-state index contributed by atoms with van der Waals surface area (Å²) in [6.45, 7) is 1.70. The van der Waals surface area contributed by atoms with Crippen LogP contribution in [0, 0.1) is 15.9 Å². The minimum absolute atomic E-state index is 0.130. The summed E-state index contributed by atoms with van der Waals surface area (Å²) in [5.74, 6) is -0.0586. The van der Waals surface area contributed by atoms with Gasteiger partial charge in [-0.05, 0) is 29.8 Å². The summed E-state index contributed by atoms with van der Waals surface area (Å²) in [7, 11) is 1.45. The van der Waals surface area contributed by atoms with Crippen LogP contribution in [0.4, 0.5) is 27.5 Å². The monoisotopic (exact) mass is 525 g/mol. The maximum Gasteiger partial charge on any atom is 0.271 e. The SMILES string of the molecule is COc1cc(/C=N\Nc2ncc(F)c(N3CCOCC3)n2)ccc1OCC(=O)Nc1cccc([N+](=O)[O-])c1. The van der Waals surface area contributed by atoms with E-state index >= 15 is 0 Å². The lowest BCUT2D eigenvalue weighted by Gasteiger charge is -2.27. The van der Waals surface area contributed by atoms with E-state index in [1.54, 1.807) is 23.1 Å². The summed E-state index contributed by atoms with van der Waals surface area (Å²) < 4.78 is 30.4. The van der Waals surface area contributed by atoms with Crippen LogP contribution < -0.4 is 25.1 Å². The molecule has 0 bridgehead atoms. The van der Waals surface area contributed by atoms with Gasteiger partial charge in [0.15, 0.2) is 29.7 Å². The van der Waals surface area contributed by atoms with E-state index in [0.29, 0.717) is 43.4 Å². The van der Waals surface area contributed by atoms with E-state index in [1.165, 1.54) is 37.6 Å². The second kappa shape index (κ2) is 12.4. The Kier molecular flexibility index (Phi) is 8.56. The van der Waals surface area contributed by atoms with Crippen molar-refractivity contribution in [1.82, 2.24) is 9.97 Å². The first-order valence-corrected chi connectivity index (χ1v) is 11.4. The standard InChI is InChI=1S/C24H24FN7O6/c1-36-21-11-16(13-27-30-24-26-14-19(25)23(29-24)31-7-9-37-10-8-31)5-6-20(21)38-15-22(33)28-17-3-2-4-18(12-17)32(34)35/h2-6,11-14H,7-10,15H2,1H3,(H,28,33)(H,26,29,30)/b27-13-. The average Bonchev–Trinajstić information content (AvgIpc) is 2.93. The minimum Gasteiger partial charge on any atom is -0.493 e. The third-order valence-corrected chi connectivity index (χ3v) is 5.30. The molecule has 2 heterocycles. The van der Waals surface area contributed by atoms with Crippen LogP contribution in [0.5, 0.6) is 11.5 Å². The molecule has 38 heavy (non-hydrogen) atoms. The number of hydrogen-bond donors (Lipinski definition) is 2. The molecule has 3 aromatic rings. The molecular formula is C24H24FN7O6. The van der Waals surface area contributed by atoms with E-state index in [4.69, 9.17) is 14.2 Å². The van der Waals surface area contributed by atoms with Gasteiger partial charge < -0.3 is 24.4 Å². The van der Waals surface area contributed by atoms with E-state index in [2.05, 4.69) is 25.8 Å². The Balaban J connectivity index is 1.34. The molecule has 0 spiro atoms. The highest BCUT2D eigenvalue weighted by Gasteiger charge is 2.18. The first kappa shape index (κ1) is 26.2. The predicted molar refractivity (Wildman–Crippen MR) is 136 cm³/mol. The van der Waals surface area contributed by atoms with Gasteiger partial charge in [0.25, 0.3) is 11.6 Å². The molecule has 13 nitrogen and oxygen atoms in total. The van der Waals surface area contributed by atoms with Crippen LogP contribution in [0.25, 0.3) is 0 Å². The highest BCUT2D eigenvalue weighted by Crippen LogP contribution is 2.28. The van der Waals surface area contributed by atoms with Crippen molar-refractivity contribution in [3.8, 4) is 11.5 Å². The van der Waals surface area contributed by atoms with Crippen LogP contribution in [0.15, 0.2) is 53.8 Å². The van der Waals surface area contributed by atoms with Gasteiger partial charge >= 0.3 is 0 Å². The predicted octanol–water partition coefficient (Wildman–Crippen LogP) is 2.83. The number of anilines is 3. The summed E-state index contributed by atoms with van der Waals surface area (Å²) in [4.78, 5) is 32.5. The topological polar surface area (TPSA) is 153 Å². The molecule has 0 saturated carbocycles. The number of nitrogens with one attached hydrogen (secondary N) is 2. The number of morpholine rings is 1. The normalized spacial score (nSPS) is 13.3. The highest BCUT2D eigenvalue weighted by atomic mass is 19.1. The van der Waals surface area contributed by atoms with Gasteiger partial charge in [0.1, 0.15) is 0 Å². The Labute approximate surface area is 216 Å². The van der Waals surface area contributed by atoms with Crippen LogP contribution in [-0.2, 0) is 9.53 Å². The molecular weight excluding hydrogens is 501 g/mol. The molecule has 14 heteroatoms. The Morgan fingerprint density at radius 1 is 1.26 bits per heavy atom. The number of nitro groups is 1. The zero-order chi connectivity index (χ0) is 26.9. The first-order valence-electron chi connectivity index (χ1n) is 11.4. The molecule has 0 unspecified atom stereocenters. The van der Waals surface area contributed by atoms with Crippen LogP contribution in [0.3, 0.4) is 0 Å². The summed E-state index contributed by atoms with van der Waals surface area (Å²) >= 11 is 0. The van der Waals surface area contributed by atoms with Crippen LogP contribution in [0.1, 0.15) is 5.56 Å². The third-order valence-electron chi connectivity index (χ3n) is 5.30. The van der Waals surface area contributed by atoms with Crippen molar-refractivity contribution >= 4 is 35.3 Å². The van der Waals surface area contributed by atoms with E-state index in [-0.39, 0.29) is 29.7 Å². The van der Waals surface area contributed by atoms with Gasteiger partial charge in [-0.1, -0.05) is 6.07 Å². The van der Waals surface area contributed by atoms with E-state index in [1.807, 2.05) is 0 Å². The van der Waals surface area contributed by atoms with Crippen molar-refractivity contribution in [2.45, 2.75) is 0 Å². The number of carbonyl (C=O) groups excluding carboxylic acids is 1. The minimum atomic E-state index is -0.549. The van der Waals surface area contributed by atoms with E-state index in [9.17, 15) is 19.3 Å². The van der Waals surface area contributed by atoms with Gasteiger partial charge in [-0.25, -0.2) is 14.8 Å². The molecule has 1 aromatic heterocycles. The molecule has 1 amide bonds. The van der Waals surface area contributed by atoms with Crippen LogP contribution in [-0.4, -0.2) is 67.0 Å². The maximum absolute atomic E-state index is 14.2. The zero-order valence-electron chi connectivity index (χ0n) is 20.3. The molecule has 1 aliphatic rings. The van der Waals surface area contributed by atoms with Crippen molar-refractivity contribution in [2.75, 3.05) is 55.7 Å².